The molecule has 0 aliphatic heterocycles. The lowest BCUT2D eigenvalue weighted by atomic mass is 11.6. The normalized spacial score (nSPS) is 13.1. The van der Waals surface area contributed by atoms with Crippen molar-refractivity contribution in [2.45, 2.75) is 0 Å². The van der Waals surface area contributed by atoms with E-state index in [2.05, 4.69) is 15.9 Å². The van der Waals surface area contributed by atoms with Crippen LogP contribution in [0, 0.1) is 0 Å². The van der Waals surface area contributed by atoms with Crippen LogP contribution >= 0.6 is 17.3 Å². The largest absolute Gasteiger partial charge is 0.256 e. The van der Waals surface area contributed by atoms with Crippen LogP contribution in [-0.2, 0) is 0 Å². The Morgan fingerprint density at radius 3 is 2.43 bits per heavy atom. The number of rotatable bonds is 2. The summed E-state index contributed by atoms with van der Waals surface area (Å²) < 4.78 is 6.05. The Bertz CT molecular complexity index is 64.0. The van der Waals surface area contributed by atoms with Gasteiger partial charge in [0.15, 0.2) is 0 Å². The van der Waals surface area contributed by atoms with E-state index in [4.69, 9.17) is 0 Å². The zero-order valence-electron chi connectivity index (χ0n) is 4.84. The molecule has 0 rings (SSSR count). The van der Waals surface area contributed by atoms with Crippen molar-refractivity contribution in [3.63, 3.8) is 0 Å². The van der Waals surface area contributed by atoms with Crippen LogP contribution in [0.25, 0.3) is 0 Å². The summed E-state index contributed by atoms with van der Waals surface area (Å²) >= 11 is 0. The first-order valence-corrected chi connectivity index (χ1v) is 4.27. The van der Waals surface area contributed by atoms with E-state index >= 15 is 0 Å². The quantitative estimate of drug-likeness (QED) is 0.528. The molecular weight excluding hydrogens is 126 g/mol. The lowest BCUT2D eigenvalue weighted by molar-refractivity contribution is 0.926. The van der Waals surface area contributed by atoms with Crippen molar-refractivity contribution in [1.29, 1.82) is 0 Å². The molecule has 2 nitrogen and oxygen atoms in total. The molecule has 1 unspecified atom stereocenters. The predicted octanol–water partition coefficient (Wildman–Crippen LogP) is 1.82. The van der Waals surface area contributed by atoms with Crippen molar-refractivity contribution in [2.24, 2.45) is 4.74 Å². The van der Waals surface area contributed by atoms with E-state index in [9.17, 15) is 0 Å². The summed E-state index contributed by atoms with van der Waals surface area (Å²) in [5, 5.41) is 0. The molecule has 0 aromatic heterocycles. The van der Waals surface area contributed by atoms with Crippen LogP contribution in [0.2, 0.25) is 0 Å². The van der Waals surface area contributed by atoms with Crippen LogP contribution in [0.1, 0.15) is 0 Å². The molecule has 0 bridgehead atoms. The zero-order valence-corrected chi connectivity index (χ0v) is 6.74. The van der Waals surface area contributed by atoms with Crippen molar-refractivity contribution in [1.82, 2.24) is 4.44 Å². The van der Waals surface area contributed by atoms with E-state index in [0.717, 1.165) is 17.3 Å². The summed E-state index contributed by atoms with van der Waals surface area (Å²) in [4.78, 5) is 0. The van der Waals surface area contributed by atoms with Crippen molar-refractivity contribution in [3.05, 3.63) is 0 Å². The van der Waals surface area contributed by atoms with Gasteiger partial charge in [0, 0.05) is 14.1 Å². The zero-order chi connectivity index (χ0) is 5.70. The van der Waals surface area contributed by atoms with Crippen molar-refractivity contribution >= 4 is 17.3 Å². The Labute approximate surface area is 48.1 Å². The maximum atomic E-state index is 3.91. The van der Waals surface area contributed by atoms with E-state index in [-0.39, 0.29) is 0 Å². The molecule has 0 spiro atoms. The van der Waals surface area contributed by atoms with E-state index in [1.165, 1.54) is 0 Å². The van der Waals surface area contributed by atoms with Crippen LogP contribution in [0.15, 0.2) is 4.74 Å². The van der Waals surface area contributed by atoms with E-state index in [1.807, 2.05) is 14.1 Å². The lowest BCUT2D eigenvalue weighted by Gasteiger charge is -2.00. The van der Waals surface area contributed by atoms with Crippen molar-refractivity contribution < 1.29 is 0 Å². The first kappa shape index (κ1) is 7.49. The topological polar surface area (TPSA) is 15.6 Å². The summed E-state index contributed by atoms with van der Waals surface area (Å²) in [5.41, 5.74) is 0. The van der Waals surface area contributed by atoms with Gasteiger partial charge in [0.25, 0.3) is 0 Å². The molecule has 42 valence electrons. The molecule has 0 saturated carbocycles. The van der Waals surface area contributed by atoms with Gasteiger partial charge in [-0.05, 0) is 15.4 Å². The molecule has 0 amide bonds. The standard InChI is InChI=1S/C3H10N2P2/c1-4-7-5(2)6-3/h6H,1-3H3. The molecule has 0 aliphatic rings. The molecule has 0 radical (unpaired) electrons. The van der Waals surface area contributed by atoms with Crippen molar-refractivity contribution in [3.8, 4) is 0 Å². The molecule has 0 heterocycles. The fourth-order valence-electron chi connectivity index (χ4n) is 0.179. The fraction of sp³-hybridized carbons (Fsp3) is 1.00. The maximum Gasteiger partial charge on any atom is 0.0965 e. The van der Waals surface area contributed by atoms with Crippen molar-refractivity contribution in [2.75, 3.05) is 20.8 Å². The summed E-state index contributed by atoms with van der Waals surface area (Å²) in [5.74, 6) is 0. The molecule has 4 heteroatoms. The summed E-state index contributed by atoms with van der Waals surface area (Å²) in [6.45, 7) is 2.14. The predicted molar refractivity (Wildman–Crippen MR) is 37.3 cm³/mol. The van der Waals surface area contributed by atoms with Crippen LogP contribution in [0.5, 0.6) is 0 Å². The van der Waals surface area contributed by atoms with Gasteiger partial charge in [0.05, 0.1) is 8.52 Å². The van der Waals surface area contributed by atoms with Gasteiger partial charge >= 0.3 is 0 Å². The van der Waals surface area contributed by atoms with Gasteiger partial charge in [0.2, 0.25) is 0 Å². The first-order valence-electron chi connectivity index (χ1n) is 2.02. The van der Waals surface area contributed by atoms with Crippen LogP contribution in [0.3, 0.4) is 0 Å². The minimum absolute atomic E-state index is 0.866. The van der Waals surface area contributed by atoms with Crippen LogP contribution in [-0.4, -0.2) is 25.2 Å². The Morgan fingerprint density at radius 2 is 2.29 bits per heavy atom. The monoisotopic (exact) mass is 136 g/mol. The van der Waals surface area contributed by atoms with Gasteiger partial charge in [-0.25, -0.2) is 4.44 Å². The third kappa shape index (κ3) is 4.34. The maximum absolute atomic E-state index is 3.91. The molecular formula is C3H10N2P2. The average Bonchev–Trinajstić information content (AvgIpc) is 1.68. The Morgan fingerprint density at radius 1 is 1.71 bits per heavy atom. The lowest BCUT2D eigenvalue weighted by Crippen LogP contribution is -1.84. The Hall–Kier alpha value is 0.490. The van der Waals surface area contributed by atoms with Gasteiger partial charge in [-0.3, -0.25) is 4.74 Å². The summed E-state index contributed by atoms with van der Waals surface area (Å²) in [6.07, 6.45) is 0. The van der Waals surface area contributed by atoms with Gasteiger partial charge in [-0.1, -0.05) is 0 Å². The first-order chi connectivity index (χ1) is 3.31. The average molecular weight is 136 g/mol. The highest BCUT2D eigenvalue weighted by atomic mass is 31.1. The van der Waals surface area contributed by atoms with Gasteiger partial charge in [-0.2, -0.15) is 0 Å². The van der Waals surface area contributed by atoms with Gasteiger partial charge in [-0.15, -0.1) is 0 Å². The summed E-state index contributed by atoms with van der Waals surface area (Å²) in [6, 6.07) is 0. The smallest absolute Gasteiger partial charge is 0.0965 e. The molecule has 0 N–H and O–H groups in total. The Balaban J connectivity index is 3.16. The molecule has 1 atom stereocenters. The SMILES string of the molecule is CN=PN(C)PC. The van der Waals surface area contributed by atoms with E-state index in [1.54, 1.807) is 0 Å². The molecule has 0 aromatic carbocycles. The van der Waals surface area contributed by atoms with Gasteiger partial charge < -0.3 is 0 Å². The Kier molecular flexibility index (Phi) is 4.97. The highest BCUT2D eigenvalue weighted by molar-refractivity contribution is 7.46. The number of hydrogen-bond donors (Lipinski definition) is 0. The number of hydrogen-bond acceptors (Lipinski definition) is 1. The molecule has 0 saturated heterocycles. The summed E-state index contributed by atoms with van der Waals surface area (Å²) in [7, 11) is 5.81. The highest BCUT2D eigenvalue weighted by Crippen LogP contribution is 2.19. The van der Waals surface area contributed by atoms with E-state index in [0.29, 0.717) is 0 Å². The highest BCUT2D eigenvalue weighted by Gasteiger charge is 1.81. The second kappa shape index (κ2) is 4.64. The molecule has 0 aromatic rings. The minimum atomic E-state index is 0.866. The second-order valence-electron chi connectivity index (χ2n) is 1.04. The van der Waals surface area contributed by atoms with Crippen LogP contribution < -0.4 is 0 Å². The van der Waals surface area contributed by atoms with Crippen LogP contribution in [0.4, 0.5) is 0 Å². The minimum Gasteiger partial charge on any atom is -0.256 e. The number of nitrogens with zero attached hydrogens (tertiary/aromatic N) is 2. The molecule has 0 aliphatic carbocycles. The second-order valence-corrected chi connectivity index (χ2v) is 3.71. The third-order valence-corrected chi connectivity index (χ3v) is 2.51. The van der Waals surface area contributed by atoms with E-state index < -0.39 is 0 Å². The van der Waals surface area contributed by atoms with Gasteiger partial charge in [0.1, 0.15) is 0 Å². The molecule has 7 heavy (non-hydrogen) atoms. The molecule has 0 fully saturated rings. The fourth-order valence-corrected chi connectivity index (χ4v) is 1.07. The third-order valence-electron chi connectivity index (χ3n) is 0.547.